The summed E-state index contributed by atoms with van der Waals surface area (Å²) in [6.45, 7) is 5.73. The van der Waals surface area contributed by atoms with E-state index in [1.54, 1.807) is 13.1 Å². The van der Waals surface area contributed by atoms with E-state index < -0.39 is 0 Å². The van der Waals surface area contributed by atoms with Crippen LogP contribution in [0.5, 0.6) is 0 Å². The maximum atomic E-state index is 11.3. The van der Waals surface area contributed by atoms with Gasteiger partial charge in [-0.05, 0) is 31.9 Å². The van der Waals surface area contributed by atoms with Gasteiger partial charge in [0.1, 0.15) is 0 Å². The second-order valence-electron chi connectivity index (χ2n) is 3.46. The molecule has 0 saturated carbocycles. The van der Waals surface area contributed by atoms with Gasteiger partial charge in [0.15, 0.2) is 0 Å². The summed E-state index contributed by atoms with van der Waals surface area (Å²) < 4.78 is 4.67. The number of aryl methyl sites for hydroxylation is 2. The summed E-state index contributed by atoms with van der Waals surface area (Å²) in [6.07, 6.45) is 1.77. The first-order valence-electron chi connectivity index (χ1n) is 4.57. The summed E-state index contributed by atoms with van der Waals surface area (Å²) in [5.41, 5.74) is 2.92. The van der Waals surface area contributed by atoms with Crippen molar-refractivity contribution in [3.05, 3.63) is 29.1 Å². The van der Waals surface area contributed by atoms with Gasteiger partial charge in [0, 0.05) is 6.20 Å². The van der Waals surface area contributed by atoms with Crippen molar-refractivity contribution >= 4 is 5.97 Å². The Hall–Kier alpha value is -1.38. The van der Waals surface area contributed by atoms with E-state index in [0.717, 1.165) is 16.8 Å². The first-order chi connectivity index (χ1) is 6.56. The molecule has 0 spiro atoms. The van der Waals surface area contributed by atoms with Crippen LogP contribution in [0.4, 0.5) is 0 Å². The lowest BCUT2D eigenvalue weighted by molar-refractivity contribution is -0.142. The molecular formula is C11H15NO2. The van der Waals surface area contributed by atoms with Crippen molar-refractivity contribution in [2.45, 2.75) is 26.7 Å². The number of nitrogens with zero attached hydrogens (tertiary/aromatic N) is 1. The van der Waals surface area contributed by atoms with E-state index in [-0.39, 0.29) is 11.9 Å². The number of methoxy groups -OCH3 is 1. The van der Waals surface area contributed by atoms with Crippen LogP contribution in [0.25, 0.3) is 0 Å². The fourth-order valence-corrected chi connectivity index (χ4v) is 1.47. The van der Waals surface area contributed by atoms with Gasteiger partial charge in [-0.3, -0.25) is 9.78 Å². The van der Waals surface area contributed by atoms with Crippen LogP contribution in [-0.2, 0) is 9.53 Å². The van der Waals surface area contributed by atoms with Gasteiger partial charge in [0.2, 0.25) is 0 Å². The highest BCUT2D eigenvalue weighted by Gasteiger charge is 2.18. The average molecular weight is 193 g/mol. The summed E-state index contributed by atoms with van der Waals surface area (Å²) in [6, 6.07) is 2.02. The fourth-order valence-electron chi connectivity index (χ4n) is 1.47. The van der Waals surface area contributed by atoms with Gasteiger partial charge in [-0.1, -0.05) is 6.07 Å². The lowest BCUT2D eigenvalue weighted by Gasteiger charge is -2.11. The minimum Gasteiger partial charge on any atom is -0.469 e. The van der Waals surface area contributed by atoms with E-state index in [1.807, 2.05) is 19.9 Å². The number of pyridine rings is 1. The number of ether oxygens (including phenoxy) is 1. The highest BCUT2D eigenvalue weighted by molar-refractivity contribution is 5.77. The molecule has 0 aliphatic rings. The van der Waals surface area contributed by atoms with Gasteiger partial charge < -0.3 is 4.74 Å². The molecule has 0 aromatic carbocycles. The minimum absolute atomic E-state index is 0.246. The van der Waals surface area contributed by atoms with E-state index in [0.29, 0.717) is 0 Å². The Morgan fingerprint density at radius 2 is 2.14 bits per heavy atom. The molecule has 0 amide bonds. The summed E-state index contributed by atoms with van der Waals surface area (Å²) in [5.74, 6) is -0.537. The number of carbonyl (C=O) groups is 1. The molecule has 14 heavy (non-hydrogen) atoms. The van der Waals surface area contributed by atoms with Crippen molar-refractivity contribution in [3.8, 4) is 0 Å². The monoisotopic (exact) mass is 193 g/mol. The molecule has 1 aromatic rings. The third kappa shape index (κ3) is 2.10. The predicted molar refractivity (Wildman–Crippen MR) is 54.1 cm³/mol. The molecule has 0 fully saturated rings. The number of hydrogen-bond donors (Lipinski definition) is 0. The first-order valence-corrected chi connectivity index (χ1v) is 4.57. The third-order valence-corrected chi connectivity index (χ3v) is 2.22. The third-order valence-electron chi connectivity index (χ3n) is 2.22. The molecule has 0 aliphatic carbocycles. The summed E-state index contributed by atoms with van der Waals surface area (Å²) in [4.78, 5) is 15.5. The fraction of sp³-hybridized carbons (Fsp3) is 0.455. The van der Waals surface area contributed by atoms with E-state index in [4.69, 9.17) is 0 Å². The van der Waals surface area contributed by atoms with Gasteiger partial charge in [-0.25, -0.2) is 0 Å². The molecule has 1 rings (SSSR count). The highest BCUT2D eigenvalue weighted by atomic mass is 16.5. The second-order valence-corrected chi connectivity index (χ2v) is 3.46. The molecule has 1 aromatic heterocycles. The standard InChI is InChI=1S/C11H15NO2/c1-7-5-8(2)10(12-6-7)9(3)11(13)14-4/h5-6,9H,1-4H3. The maximum absolute atomic E-state index is 11.3. The molecule has 1 atom stereocenters. The molecule has 0 bridgehead atoms. The molecule has 1 unspecified atom stereocenters. The van der Waals surface area contributed by atoms with Crippen molar-refractivity contribution in [2.24, 2.45) is 0 Å². The number of carbonyl (C=O) groups excluding carboxylic acids is 1. The summed E-state index contributed by atoms with van der Waals surface area (Å²) >= 11 is 0. The maximum Gasteiger partial charge on any atom is 0.314 e. The SMILES string of the molecule is COC(=O)C(C)c1ncc(C)cc1C. The van der Waals surface area contributed by atoms with Crippen molar-refractivity contribution in [1.29, 1.82) is 0 Å². The summed E-state index contributed by atoms with van der Waals surface area (Å²) in [7, 11) is 1.39. The quantitative estimate of drug-likeness (QED) is 0.674. The molecule has 76 valence electrons. The number of rotatable bonds is 2. The van der Waals surface area contributed by atoms with Crippen molar-refractivity contribution in [2.75, 3.05) is 7.11 Å². The Morgan fingerprint density at radius 1 is 1.50 bits per heavy atom. The average Bonchev–Trinajstić information content (AvgIpc) is 2.15. The Morgan fingerprint density at radius 3 is 2.64 bits per heavy atom. The molecule has 1 heterocycles. The number of esters is 1. The Bertz CT molecular complexity index is 347. The van der Waals surface area contributed by atoms with Gasteiger partial charge >= 0.3 is 5.97 Å². The van der Waals surface area contributed by atoms with Gasteiger partial charge in [0.25, 0.3) is 0 Å². The highest BCUT2D eigenvalue weighted by Crippen LogP contribution is 2.18. The minimum atomic E-state index is -0.291. The normalized spacial score (nSPS) is 12.3. The van der Waals surface area contributed by atoms with E-state index in [1.165, 1.54) is 7.11 Å². The molecule has 0 aliphatic heterocycles. The largest absolute Gasteiger partial charge is 0.469 e. The Kier molecular flexibility index (Phi) is 3.23. The van der Waals surface area contributed by atoms with Crippen molar-refractivity contribution < 1.29 is 9.53 Å². The number of aromatic nitrogens is 1. The van der Waals surface area contributed by atoms with Crippen LogP contribution in [0.1, 0.15) is 29.7 Å². The van der Waals surface area contributed by atoms with Gasteiger partial charge in [-0.15, -0.1) is 0 Å². The zero-order valence-electron chi connectivity index (χ0n) is 9.00. The Labute approximate surface area is 84.1 Å². The lowest BCUT2D eigenvalue weighted by Crippen LogP contribution is -2.13. The van der Waals surface area contributed by atoms with E-state index in [9.17, 15) is 4.79 Å². The molecule has 0 N–H and O–H groups in total. The topological polar surface area (TPSA) is 39.2 Å². The first kappa shape index (κ1) is 10.7. The van der Waals surface area contributed by atoms with E-state index in [2.05, 4.69) is 9.72 Å². The zero-order valence-corrected chi connectivity index (χ0v) is 9.00. The zero-order chi connectivity index (χ0) is 10.7. The van der Waals surface area contributed by atoms with Crippen LogP contribution in [0.2, 0.25) is 0 Å². The molecular weight excluding hydrogens is 178 g/mol. The van der Waals surface area contributed by atoms with E-state index >= 15 is 0 Å². The van der Waals surface area contributed by atoms with Crippen LogP contribution in [0.3, 0.4) is 0 Å². The lowest BCUT2D eigenvalue weighted by atomic mass is 10.0. The number of hydrogen-bond acceptors (Lipinski definition) is 3. The molecule has 3 heteroatoms. The molecule has 0 saturated heterocycles. The van der Waals surface area contributed by atoms with Crippen molar-refractivity contribution in [3.63, 3.8) is 0 Å². The van der Waals surface area contributed by atoms with Crippen LogP contribution >= 0.6 is 0 Å². The summed E-state index contributed by atoms with van der Waals surface area (Å²) in [5, 5.41) is 0. The predicted octanol–water partition coefficient (Wildman–Crippen LogP) is 1.97. The van der Waals surface area contributed by atoms with Crippen LogP contribution in [0, 0.1) is 13.8 Å². The Balaban J connectivity index is 3.01. The molecule has 3 nitrogen and oxygen atoms in total. The van der Waals surface area contributed by atoms with Crippen LogP contribution in [0.15, 0.2) is 12.3 Å². The molecule has 0 radical (unpaired) electrons. The van der Waals surface area contributed by atoms with Crippen LogP contribution in [-0.4, -0.2) is 18.1 Å². The van der Waals surface area contributed by atoms with Gasteiger partial charge in [-0.2, -0.15) is 0 Å². The smallest absolute Gasteiger partial charge is 0.314 e. The second kappa shape index (κ2) is 4.22. The van der Waals surface area contributed by atoms with Crippen molar-refractivity contribution in [1.82, 2.24) is 4.98 Å². The van der Waals surface area contributed by atoms with Crippen LogP contribution < -0.4 is 0 Å². The van der Waals surface area contributed by atoms with Gasteiger partial charge in [0.05, 0.1) is 18.7 Å².